The van der Waals surface area contributed by atoms with E-state index >= 15 is 0 Å². The molecular formula is C40H28N2. The summed E-state index contributed by atoms with van der Waals surface area (Å²) in [5.41, 5.74) is 12.6. The fourth-order valence-corrected chi connectivity index (χ4v) is 6.30. The quantitative estimate of drug-likeness (QED) is 0.220. The summed E-state index contributed by atoms with van der Waals surface area (Å²) in [5, 5.41) is 2.45. The van der Waals surface area contributed by atoms with Gasteiger partial charge in [-0.2, -0.15) is 0 Å². The largest absolute Gasteiger partial charge is 0.252 e. The van der Waals surface area contributed by atoms with Crippen molar-refractivity contribution in [1.82, 2.24) is 4.98 Å². The Morgan fingerprint density at radius 1 is 0.548 bits per heavy atom. The van der Waals surface area contributed by atoms with Gasteiger partial charge in [-0.25, -0.2) is 4.98 Å². The van der Waals surface area contributed by atoms with Crippen LogP contribution in [-0.2, 0) is 0 Å². The lowest BCUT2D eigenvalue weighted by atomic mass is 9.84. The van der Waals surface area contributed by atoms with E-state index in [9.17, 15) is 0 Å². The molecule has 198 valence electrons. The highest BCUT2D eigenvalue weighted by atomic mass is 14.8. The zero-order valence-electron chi connectivity index (χ0n) is 23.1. The van der Waals surface area contributed by atoms with Crippen LogP contribution >= 0.6 is 0 Å². The Morgan fingerprint density at radius 3 is 1.90 bits per heavy atom. The summed E-state index contributed by atoms with van der Waals surface area (Å²) in [4.78, 5) is 10.2. The summed E-state index contributed by atoms with van der Waals surface area (Å²) in [6.45, 7) is 0. The minimum atomic E-state index is 0.274. The SMILES string of the molecule is C1=CCC2C(=Nc3c2c(-c2ccc(-c4cc(-c5ccccc5)nc(-c5ccccc5)c4)cc2)cc2ccccc32)C=C1. The molecule has 0 saturated heterocycles. The van der Waals surface area contributed by atoms with Crippen molar-refractivity contribution < 1.29 is 0 Å². The third-order valence-corrected chi connectivity index (χ3v) is 8.39. The van der Waals surface area contributed by atoms with Gasteiger partial charge in [-0.1, -0.05) is 127 Å². The molecule has 2 aliphatic rings. The van der Waals surface area contributed by atoms with Crippen LogP contribution < -0.4 is 0 Å². The standard InChI is InChI=1S/C40H28N2/c1-4-12-29(13-5-1)37-25-32(26-38(41-37)30-14-6-2-7-15-30)27-20-22-28(23-21-27)35-24-31-16-10-11-17-33(31)40-39(35)34-18-8-3-9-19-36(34)42-40/h1-17,19-26,34H,18H2. The number of benzene rings is 5. The van der Waals surface area contributed by atoms with E-state index in [0.717, 1.165) is 45.9 Å². The van der Waals surface area contributed by atoms with Crippen LogP contribution in [-0.4, -0.2) is 10.7 Å². The van der Waals surface area contributed by atoms with E-state index in [4.69, 9.17) is 9.98 Å². The molecule has 0 spiro atoms. The summed E-state index contributed by atoms with van der Waals surface area (Å²) in [6.07, 6.45) is 9.65. The van der Waals surface area contributed by atoms with E-state index in [1.54, 1.807) is 0 Å². The summed E-state index contributed by atoms with van der Waals surface area (Å²) in [6, 6.07) is 45.3. The second kappa shape index (κ2) is 10.2. The minimum absolute atomic E-state index is 0.274. The van der Waals surface area contributed by atoms with Gasteiger partial charge in [0, 0.05) is 28.1 Å². The topological polar surface area (TPSA) is 25.2 Å². The lowest BCUT2D eigenvalue weighted by molar-refractivity contribution is 0.941. The number of hydrogen-bond acceptors (Lipinski definition) is 2. The van der Waals surface area contributed by atoms with Crippen LogP contribution in [0.1, 0.15) is 17.9 Å². The van der Waals surface area contributed by atoms with Crippen LogP contribution in [0, 0.1) is 0 Å². The molecule has 8 rings (SSSR count). The van der Waals surface area contributed by atoms with Crippen LogP contribution in [0.25, 0.3) is 55.5 Å². The second-order valence-electron chi connectivity index (χ2n) is 11.0. The fraction of sp³-hybridized carbons (Fsp3) is 0.0500. The van der Waals surface area contributed by atoms with E-state index in [-0.39, 0.29) is 5.92 Å². The highest BCUT2D eigenvalue weighted by Crippen LogP contribution is 2.48. The molecule has 6 aromatic rings. The minimum Gasteiger partial charge on any atom is -0.252 e. The average molecular weight is 537 g/mol. The van der Waals surface area contributed by atoms with Gasteiger partial charge in [-0.15, -0.1) is 0 Å². The summed E-state index contributed by atoms with van der Waals surface area (Å²) < 4.78 is 0. The van der Waals surface area contributed by atoms with Crippen molar-refractivity contribution in [2.75, 3.05) is 0 Å². The molecule has 5 aromatic carbocycles. The number of nitrogens with zero attached hydrogens (tertiary/aromatic N) is 2. The normalized spacial score (nSPS) is 15.2. The Kier molecular flexibility index (Phi) is 5.97. The number of hydrogen-bond donors (Lipinski definition) is 0. The van der Waals surface area contributed by atoms with E-state index in [1.807, 2.05) is 12.1 Å². The third kappa shape index (κ3) is 4.29. The number of aliphatic imine (C=N–C) groups is 1. The maximum absolute atomic E-state index is 5.17. The smallest absolute Gasteiger partial charge is 0.0756 e. The first-order valence-corrected chi connectivity index (χ1v) is 14.5. The molecule has 2 nitrogen and oxygen atoms in total. The van der Waals surface area contributed by atoms with Gasteiger partial charge in [0.25, 0.3) is 0 Å². The molecule has 0 amide bonds. The Balaban J connectivity index is 1.25. The summed E-state index contributed by atoms with van der Waals surface area (Å²) in [7, 11) is 0. The first-order chi connectivity index (χ1) is 20.8. The second-order valence-corrected chi connectivity index (χ2v) is 11.0. The first kappa shape index (κ1) is 24.5. The Morgan fingerprint density at radius 2 is 1.19 bits per heavy atom. The molecule has 1 aromatic heterocycles. The zero-order valence-corrected chi connectivity index (χ0v) is 23.1. The van der Waals surface area contributed by atoms with Gasteiger partial charge in [-0.3, -0.25) is 4.99 Å². The Hall–Kier alpha value is -5.34. The van der Waals surface area contributed by atoms with Crippen molar-refractivity contribution in [3.63, 3.8) is 0 Å². The molecular weight excluding hydrogens is 508 g/mol. The molecule has 1 aliphatic heterocycles. The van der Waals surface area contributed by atoms with Gasteiger partial charge in [0.05, 0.1) is 17.1 Å². The van der Waals surface area contributed by atoms with E-state index in [0.29, 0.717) is 0 Å². The summed E-state index contributed by atoms with van der Waals surface area (Å²) in [5.74, 6) is 0.274. The van der Waals surface area contributed by atoms with Gasteiger partial charge < -0.3 is 0 Å². The lowest BCUT2D eigenvalue weighted by Gasteiger charge is -2.17. The Labute approximate surface area is 246 Å². The van der Waals surface area contributed by atoms with Crippen molar-refractivity contribution >= 4 is 22.2 Å². The van der Waals surface area contributed by atoms with Gasteiger partial charge in [0.15, 0.2) is 0 Å². The maximum atomic E-state index is 5.17. The van der Waals surface area contributed by atoms with Crippen LogP contribution in [0.2, 0.25) is 0 Å². The van der Waals surface area contributed by atoms with Crippen molar-refractivity contribution in [3.8, 4) is 44.8 Å². The van der Waals surface area contributed by atoms with Crippen molar-refractivity contribution in [2.24, 2.45) is 4.99 Å². The average Bonchev–Trinajstić information content (AvgIpc) is 3.27. The van der Waals surface area contributed by atoms with Crippen molar-refractivity contribution in [1.29, 1.82) is 0 Å². The molecule has 2 heterocycles. The molecule has 0 fully saturated rings. The highest BCUT2D eigenvalue weighted by molar-refractivity contribution is 6.13. The molecule has 1 atom stereocenters. The zero-order chi connectivity index (χ0) is 27.9. The van der Waals surface area contributed by atoms with Gasteiger partial charge in [0.1, 0.15) is 0 Å². The van der Waals surface area contributed by atoms with Crippen molar-refractivity contribution in [2.45, 2.75) is 12.3 Å². The van der Waals surface area contributed by atoms with Gasteiger partial charge in [-0.05, 0) is 63.9 Å². The molecule has 0 bridgehead atoms. The first-order valence-electron chi connectivity index (χ1n) is 14.5. The highest BCUT2D eigenvalue weighted by Gasteiger charge is 2.30. The monoisotopic (exact) mass is 536 g/mol. The van der Waals surface area contributed by atoms with Gasteiger partial charge in [0.2, 0.25) is 0 Å². The molecule has 0 saturated carbocycles. The molecule has 2 heteroatoms. The molecule has 42 heavy (non-hydrogen) atoms. The van der Waals surface area contributed by atoms with E-state index < -0.39 is 0 Å². The molecule has 0 N–H and O–H groups in total. The van der Waals surface area contributed by atoms with Crippen LogP contribution in [0.15, 0.2) is 157 Å². The fourth-order valence-electron chi connectivity index (χ4n) is 6.30. The predicted molar refractivity (Wildman–Crippen MR) is 176 cm³/mol. The Bertz CT molecular complexity index is 1970. The number of allylic oxidation sites excluding steroid dienone is 4. The number of pyridine rings is 1. The van der Waals surface area contributed by atoms with Gasteiger partial charge >= 0.3 is 0 Å². The molecule has 1 aliphatic carbocycles. The van der Waals surface area contributed by atoms with E-state index in [1.165, 1.54) is 33.0 Å². The van der Waals surface area contributed by atoms with Crippen LogP contribution in [0.4, 0.5) is 5.69 Å². The number of aromatic nitrogens is 1. The lowest BCUT2D eigenvalue weighted by Crippen LogP contribution is -2.05. The van der Waals surface area contributed by atoms with Crippen LogP contribution in [0.5, 0.6) is 0 Å². The third-order valence-electron chi connectivity index (χ3n) is 8.39. The number of fused-ring (bicyclic) bond motifs is 5. The van der Waals surface area contributed by atoms with Crippen LogP contribution in [0.3, 0.4) is 0 Å². The molecule has 0 radical (unpaired) electrons. The maximum Gasteiger partial charge on any atom is 0.0756 e. The summed E-state index contributed by atoms with van der Waals surface area (Å²) >= 11 is 0. The number of rotatable bonds is 4. The van der Waals surface area contributed by atoms with E-state index in [2.05, 4.69) is 140 Å². The predicted octanol–water partition coefficient (Wildman–Crippen LogP) is 10.6. The van der Waals surface area contributed by atoms with Crippen molar-refractivity contribution in [3.05, 3.63) is 157 Å². The molecule has 1 unspecified atom stereocenters.